The first-order chi connectivity index (χ1) is 11.5. The van der Waals surface area contributed by atoms with E-state index in [4.69, 9.17) is 4.84 Å². The summed E-state index contributed by atoms with van der Waals surface area (Å²) in [6.07, 6.45) is -4.15. The molecule has 0 saturated carbocycles. The van der Waals surface area contributed by atoms with Crippen LogP contribution in [-0.4, -0.2) is 41.8 Å². The maximum Gasteiger partial charge on any atom is 0.416 e. The first kappa shape index (κ1) is 19.1. The smallest absolute Gasteiger partial charge is 0.416 e. The van der Waals surface area contributed by atoms with E-state index in [1.807, 2.05) is 20.8 Å². The van der Waals surface area contributed by atoms with E-state index < -0.39 is 17.3 Å². The minimum Gasteiger partial charge on any atom is -0.569 e. The summed E-state index contributed by atoms with van der Waals surface area (Å²) < 4.78 is 38.4. The van der Waals surface area contributed by atoms with Crippen molar-refractivity contribution in [3.8, 4) is 0 Å². The summed E-state index contributed by atoms with van der Waals surface area (Å²) in [6, 6.07) is 5.17. The predicted octanol–water partition coefficient (Wildman–Crippen LogP) is 3.82. The van der Waals surface area contributed by atoms with Crippen LogP contribution in [0.2, 0.25) is 0 Å². The number of benzene rings is 1. The Bertz CT molecular complexity index is 629. The van der Waals surface area contributed by atoms with Gasteiger partial charge >= 0.3 is 6.18 Å². The number of hydrogen-bond donors (Lipinski definition) is 0. The van der Waals surface area contributed by atoms with Gasteiger partial charge in [0.25, 0.3) is 0 Å². The van der Waals surface area contributed by atoms with Crippen LogP contribution in [0.15, 0.2) is 29.5 Å². The number of hydrazine groups is 1. The topological polar surface area (TPSA) is 54.1 Å². The van der Waals surface area contributed by atoms with Crippen molar-refractivity contribution in [2.75, 3.05) is 25.0 Å². The molecule has 1 aromatic carbocycles. The highest BCUT2D eigenvalue weighted by Gasteiger charge is 2.32. The van der Waals surface area contributed by atoms with Gasteiger partial charge in [-0.15, -0.1) is 5.01 Å². The van der Waals surface area contributed by atoms with Gasteiger partial charge in [-0.2, -0.15) is 13.2 Å². The zero-order valence-corrected chi connectivity index (χ0v) is 14.7. The molecule has 1 aliphatic heterocycles. The van der Waals surface area contributed by atoms with Gasteiger partial charge in [-0.1, -0.05) is 6.07 Å². The molecule has 0 spiro atoms. The van der Waals surface area contributed by atoms with Crippen LogP contribution in [0.4, 0.5) is 18.9 Å². The van der Waals surface area contributed by atoms with Crippen LogP contribution in [0, 0.1) is 5.21 Å². The number of anilines is 1. The Kier molecular flexibility index (Phi) is 5.34. The second-order valence-corrected chi connectivity index (χ2v) is 7.04. The predicted molar refractivity (Wildman–Crippen MR) is 86.7 cm³/mol. The third-order valence-corrected chi connectivity index (χ3v) is 4.18. The SMILES string of the molecule is CN(/[N+]([O-])=N\O[C@@H]1CCN(c2cccc(C(F)(F)F)c2)C1)C(C)(C)C. The van der Waals surface area contributed by atoms with Crippen molar-refractivity contribution in [1.29, 1.82) is 0 Å². The number of nitrogens with zero attached hydrogens (tertiary/aromatic N) is 4. The summed E-state index contributed by atoms with van der Waals surface area (Å²) in [4.78, 5) is 7.43. The van der Waals surface area contributed by atoms with Crippen molar-refractivity contribution in [1.82, 2.24) is 5.01 Å². The molecule has 1 aliphatic rings. The molecule has 25 heavy (non-hydrogen) atoms. The lowest BCUT2D eigenvalue weighted by molar-refractivity contribution is -0.720. The third-order valence-electron chi connectivity index (χ3n) is 4.18. The molecule has 9 heteroatoms. The van der Waals surface area contributed by atoms with Gasteiger partial charge in [0.05, 0.1) is 29.7 Å². The molecular weight excluding hydrogens is 337 g/mol. The van der Waals surface area contributed by atoms with E-state index in [0.29, 0.717) is 30.2 Å². The van der Waals surface area contributed by atoms with Crippen LogP contribution in [0.1, 0.15) is 32.8 Å². The van der Waals surface area contributed by atoms with Crippen molar-refractivity contribution in [2.45, 2.75) is 45.0 Å². The minimum absolute atomic E-state index is 0.348. The lowest BCUT2D eigenvalue weighted by Gasteiger charge is -2.26. The van der Waals surface area contributed by atoms with Gasteiger partial charge in [-0.05, 0) is 39.0 Å². The van der Waals surface area contributed by atoms with Gasteiger partial charge in [-0.3, -0.25) is 0 Å². The Morgan fingerprint density at radius 3 is 2.60 bits per heavy atom. The van der Waals surface area contributed by atoms with E-state index in [1.54, 1.807) is 18.0 Å². The van der Waals surface area contributed by atoms with Crippen LogP contribution < -0.4 is 4.90 Å². The summed E-state index contributed by atoms with van der Waals surface area (Å²) in [6.45, 7) is 6.49. The molecule has 1 heterocycles. The summed E-state index contributed by atoms with van der Waals surface area (Å²) >= 11 is 0. The number of rotatable bonds is 4. The fourth-order valence-electron chi connectivity index (χ4n) is 2.35. The summed E-state index contributed by atoms with van der Waals surface area (Å²) in [7, 11) is 1.60. The largest absolute Gasteiger partial charge is 0.569 e. The van der Waals surface area contributed by atoms with E-state index in [0.717, 1.165) is 12.1 Å². The molecule has 0 unspecified atom stereocenters. The molecule has 1 aromatic rings. The Balaban J connectivity index is 1.98. The maximum atomic E-state index is 12.8. The Morgan fingerprint density at radius 2 is 2.00 bits per heavy atom. The van der Waals surface area contributed by atoms with Gasteiger partial charge in [0, 0.05) is 18.7 Å². The summed E-state index contributed by atoms with van der Waals surface area (Å²) in [5.41, 5.74) is -0.614. The van der Waals surface area contributed by atoms with E-state index in [1.165, 1.54) is 11.1 Å². The van der Waals surface area contributed by atoms with Crippen molar-refractivity contribution < 1.29 is 23.0 Å². The van der Waals surface area contributed by atoms with E-state index in [2.05, 4.69) is 5.28 Å². The lowest BCUT2D eigenvalue weighted by Crippen LogP contribution is -2.42. The van der Waals surface area contributed by atoms with E-state index in [-0.39, 0.29) is 6.10 Å². The van der Waals surface area contributed by atoms with Gasteiger partial charge in [0.2, 0.25) is 5.28 Å². The summed E-state index contributed by atoms with van der Waals surface area (Å²) in [5, 5.41) is 16.8. The number of halogens is 3. The van der Waals surface area contributed by atoms with Gasteiger partial charge in [0.1, 0.15) is 0 Å². The first-order valence-corrected chi connectivity index (χ1v) is 7.98. The second kappa shape index (κ2) is 6.97. The molecule has 1 atom stereocenters. The van der Waals surface area contributed by atoms with Crippen molar-refractivity contribution >= 4 is 5.69 Å². The molecule has 6 nitrogen and oxygen atoms in total. The molecule has 0 radical (unpaired) electrons. The fourth-order valence-corrected chi connectivity index (χ4v) is 2.35. The van der Waals surface area contributed by atoms with Gasteiger partial charge in [-0.25, -0.2) is 0 Å². The highest BCUT2D eigenvalue weighted by atomic mass is 19.4. The average Bonchev–Trinajstić information content (AvgIpc) is 2.99. The highest BCUT2D eigenvalue weighted by molar-refractivity contribution is 5.50. The van der Waals surface area contributed by atoms with E-state index >= 15 is 0 Å². The molecule has 140 valence electrons. The standard InChI is InChI=1S/C16H23F3N4O2/c1-15(2,3)21(4)23(24)20-25-14-8-9-22(11-14)13-7-5-6-12(10-13)16(17,18)19/h5-7,10,14H,8-9,11H2,1-4H3/b23-20+/t14-/m1/s1. The van der Waals surface area contributed by atoms with Gasteiger partial charge in [0.15, 0.2) is 6.10 Å². The molecule has 1 saturated heterocycles. The summed E-state index contributed by atoms with van der Waals surface area (Å²) in [5.74, 6) is 0. The normalized spacial score (nSPS) is 19.2. The third kappa shape index (κ3) is 4.90. The zero-order chi connectivity index (χ0) is 18.8. The molecule has 0 aliphatic carbocycles. The number of alkyl halides is 3. The van der Waals surface area contributed by atoms with Crippen molar-refractivity contribution in [2.24, 2.45) is 5.28 Å². The molecular formula is C16H23F3N4O2. The second-order valence-electron chi connectivity index (χ2n) is 7.04. The van der Waals surface area contributed by atoms with Crippen LogP contribution >= 0.6 is 0 Å². The van der Waals surface area contributed by atoms with Crippen molar-refractivity contribution in [3.63, 3.8) is 0 Å². The van der Waals surface area contributed by atoms with Crippen molar-refractivity contribution in [3.05, 3.63) is 35.0 Å². The quantitative estimate of drug-likeness (QED) is 0.465. The molecule has 0 bridgehead atoms. The maximum absolute atomic E-state index is 12.8. The zero-order valence-electron chi connectivity index (χ0n) is 14.7. The van der Waals surface area contributed by atoms with Crippen LogP contribution in [0.25, 0.3) is 0 Å². The lowest BCUT2D eigenvalue weighted by atomic mass is 10.1. The Hall–Kier alpha value is -2.19. The first-order valence-electron chi connectivity index (χ1n) is 7.98. The Morgan fingerprint density at radius 1 is 1.32 bits per heavy atom. The van der Waals surface area contributed by atoms with Crippen LogP contribution in [0.3, 0.4) is 0 Å². The molecule has 2 rings (SSSR count). The van der Waals surface area contributed by atoms with E-state index in [9.17, 15) is 18.4 Å². The van der Waals surface area contributed by atoms with Gasteiger partial charge < -0.3 is 14.9 Å². The minimum atomic E-state index is -4.37. The monoisotopic (exact) mass is 360 g/mol. The van der Waals surface area contributed by atoms with Crippen LogP contribution in [0.5, 0.6) is 0 Å². The molecule has 0 N–H and O–H groups in total. The number of hydrogen-bond acceptors (Lipinski definition) is 4. The molecule has 1 fully saturated rings. The molecule has 0 amide bonds. The fraction of sp³-hybridized carbons (Fsp3) is 0.625. The Labute approximate surface area is 145 Å². The average molecular weight is 360 g/mol. The molecule has 0 aromatic heterocycles. The highest BCUT2D eigenvalue weighted by Crippen LogP contribution is 2.32. The van der Waals surface area contributed by atoms with Crippen LogP contribution in [-0.2, 0) is 11.0 Å².